The van der Waals surface area contributed by atoms with Gasteiger partial charge in [-0.05, 0) is 19.8 Å². The average Bonchev–Trinajstić information content (AvgIpc) is 3.09. The lowest BCUT2D eigenvalue weighted by Gasteiger charge is -2.26. The van der Waals surface area contributed by atoms with Gasteiger partial charge in [0.05, 0.1) is 11.4 Å². The van der Waals surface area contributed by atoms with Gasteiger partial charge in [0.1, 0.15) is 7.11 Å². The highest BCUT2D eigenvalue weighted by Crippen LogP contribution is 2.38. The van der Waals surface area contributed by atoms with Crippen molar-refractivity contribution in [2.75, 3.05) is 14.2 Å². The van der Waals surface area contributed by atoms with Gasteiger partial charge in [-0.1, -0.05) is 5.16 Å². The molecule has 2 N–H and O–H groups in total. The SMILES string of the molecule is CO/N=C(\C)C1(NO)C(=O)N(C)N=C1C1CC1. The Hall–Kier alpha value is -1.47. The van der Waals surface area contributed by atoms with Crippen LogP contribution in [0.25, 0.3) is 0 Å². The lowest BCUT2D eigenvalue weighted by molar-refractivity contribution is -0.133. The number of hydrazone groups is 1. The van der Waals surface area contributed by atoms with Gasteiger partial charge in [-0.15, -0.1) is 0 Å². The summed E-state index contributed by atoms with van der Waals surface area (Å²) >= 11 is 0. The lowest BCUT2D eigenvalue weighted by Crippen LogP contribution is -2.61. The molecule has 1 fully saturated rings. The van der Waals surface area contributed by atoms with Gasteiger partial charge in [0.15, 0.2) is 0 Å². The van der Waals surface area contributed by atoms with Crippen molar-refractivity contribution in [3.63, 3.8) is 0 Å². The fraction of sp³-hybridized carbons (Fsp3) is 0.700. The van der Waals surface area contributed by atoms with Gasteiger partial charge in [-0.3, -0.25) is 4.79 Å². The second-order valence-corrected chi connectivity index (χ2v) is 4.31. The Kier molecular flexibility index (Phi) is 2.88. The normalized spacial score (nSPS) is 29.6. The molecule has 0 aromatic rings. The quantitative estimate of drug-likeness (QED) is 0.533. The van der Waals surface area contributed by atoms with E-state index < -0.39 is 5.54 Å². The van der Waals surface area contributed by atoms with Crippen LogP contribution in [0.2, 0.25) is 0 Å². The third-order valence-corrected chi connectivity index (χ3v) is 3.16. The highest BCUT2D eigenvalue weighted by molar-refractivity contribution is 6.33. The minimum absolute atomic E-state index is 0.227. The molecule has 1 atom stereocenters. The van der Waals surface area contributed by atoms with Gasteiger partial charge >= 0.3 is 0 Å². The number of rotatable bonds is 4. The largest absolute Gasteiger partial charge is 0.399 e. The first-order valence-corrected chi connectivity index (χ1v) is 5.44. The van der Waals surface area contributed by atoms with E-state index in [1.165, 1.54) is 12.1 Å². The molecule has 0 radical (unpaired) electrons. The van der Waals surface area contributed by atoms with Crippen LogP contribution in [0.4, 0.5) is 0 Å². The van der Waals surface area contributed by atoms with E-state index in [0.29, 0.717) is 11.4 Å². The van der Waals surface area contributed by atoms with E-state index in [2.05, 4.69) is 20.6 Å². The minimum Gasteiger partial charge on any atom is -0.399 e. The number of carbonyl (C=O) groups is 1. The van der Waals surface area contributed by atoms with Gasteiger partial charge < -0.3 is 10.0 Å². The molecule has 7 heteroatoms. The molecule has 1 unspecified atom stereocenters. The summed E-state index contributed by atoms with van der Waals surface area (Å²) in [5.41, 5.74) is 1.69. The lowest BCUT2D eigenvalue weighted by atomic mass is 9.86. The molecule has 1 saturated carbocycles. The van der Waals surface area contributed by atoms with E-state index in [1.54, 1.807) is 14.0 Å². The van der Waals surface area contributed by atoms with Crippen LogP contribution in [-0.2, 0) is 9.63 Å². The number of hydroxylamine groups is 1. The predicted molar refractivity (Wildman–Crippen MR) is 60.7 cm³/mol. The van der Waals surface area contributed by atoms with E-state index >= 15 is 0 Å². The summed E-state index contributed by atoms with van der Waals surface area (Å²) in [7, 11) is 2.95. The highest BCUT2D eigenvalue weighted by Gasteiger charge is 2.57. The Labute approximate surface area is 99.1 Å². The third kappa shape index (κ3) is 1.62. The van der Waals surface area contributed by atoms with Crippen LogP contribution in [-0.4, -0.2) is 47.2 Å². The smallest absolute Gasteiger partial charge is 0.276 e. The van der Waals surface area contributed by atoms with Crippen LogP contribution >= 0.6 is 0 Å². The van der Waals surface area contributed by atoms with Gasteiger partial charge in [-0.2, -0.15) is 10.6 Å². The molecule has 0 aromatic heterocycles. The first-order valence-electron chi connectivity index (χ1n) is 5.44. The summed E-state index contributed by atoms with van der Waals surface area (Å²) in [5, 5.41) is 18.6. The molecule has 0 aromatic carbocycles. The summed E-state index contributed by atoms with van der Waals surface area (Å²) in [6, 6.07) is 0. The Morgan fingerprint density at radius 1 is 1.71 bits per heavy atom. The number of likely N-dealkylation sites (N-methyl/N-ethyl adjacent to an activating group) is 1. The Balaban J connectivity index is 2.46. The van der Waals surface area contributed by atoms with Crippen molar-refractivity contribution in [1.29, 1.82) is 0 Å². The fourth-order valence-electron chi connectivity index (χ4n) is 2.11. The maximum absolute atomic E-state index is 12.2. The Morgan fingerprint density at radius 3 is 2.82 bits per heavy atom. The molecule has 17 heavy (non-hydrogen) atoms. The number of oxime groups is 1. The first kappa shape index (κ1) is 12.0. The second kappa shape index (κ2) is 4.08. The van der Waals surface area contributed by atoms with Gasteiger partial charge in [0.2, 0.25) is 5.54 Å². The zero-order valence-electron chi connectivity index (χ0n) is 10.1. The standard InChI is InChI=1S/C10H16N4O3/c1-6(12-17-3)10(13-16)8(7-4-5-7)11-14(2)9(10)15/h7,13,16H,4-5H2,1-3H3/b12-6+. The summed E-state index contributed by atoms with van der Waals surface area (Å²) in [5.74, 6) is -0.120. The van der Waals surface area contributed by atoms with E-state index in [1.807, 2.05) is 0 Å². The molecule has 0 bridgehead atoms. The molecule has 1 heterocycles. The second-order valence-electron chi connectivity index (χ2n) is 4.31. The van der Waals surface area contributed by atoms with Crippen molar-refractivity contribution >= 4 is 17.3 Å². The van der Waals surface area contributed by atoms with Gasteiger partial charge in [0.25, 0.3) is 5.91 Å². The fourth-order valence-corrected chi connectivity index (χ4v) is 2.11. The zero-order chi connectivity index (χ0) is 12.6. The Morgan fingerprint density at radius 2 is 2.35 bits per heavy atom. The van der Waals surface area contributed by atoms with Crippen LogP contribution < -0.4 is 5.48 Å². The van der Waals surface area contributed by atoms with E-state index in [0.717, 1.165) is 12.8 Å². The highest BCUT2D eigenvalue weighted by atomic mass is 16.6. The van der Waals surface area contributed by atoms with Crippen LogP contribution in [0.15, 0.2) is 10.3 Å². The summed E-state index contributed by atoms with van der Waals surface area (Å²) < 4.78 is 0. The maximum Gasteiger partial charge on any atom is 0.276 e. The topological polar surface area (TPSA) is 86.5 Å². The summed E-state index contributed by atoms with van der Waals surface area (Å²) in [6.07, 6.45) is 1.95. The van der Waals surface area contributed by atoms with Crippen LogP contribution in [0.5, 0.6) is 0 Å². The Bertz CT molecular complexity index is 402. The molecule has 0 spiro atoms. The van der Waals surface area contributed by atoms with Crippen molar-refractivity contribution in [3.05, 3.63) is 0 Å². The van der Waals surface area contributed by atoms with Crippen molar-refractivity contribution in [2.24, 2.45) is 16.2 Å². The van der Waals surface area contributed by atoms with E-state index in [4.69, 9.17) is 0 Å². The number of nitrogens with zero attached hydrogens (tertiary/aromatic N) is 3. The molecule has 0 saturated heterocycles. The number of carbonyl (C=O) groups excluding carboxylic acids is 1. The van der Waals surface area contributed by atoms with E-state index in [-0.39, 0.29) is 11.8 Å². The molecule has 1 aliphatic heterocycles. The molecule has 1 aliphatic carbocycles. The number of hydrogen-bond acceptors (Lipinski definition) is 6. The molecule has 1 amide bonds. The summed E-state index contributed by atoms with van der Waals surface area (Å²) in [4.78, 5) is 16.9. The number of hydrogen-bond donors (Lipinski definition) is 2. The monoisotopic (exact) mass is 240 g/mol. The molecular weight excluding hydrogens is 224 g/mol. The molecule has 94 valence electrons. The van der Waals surface area contributed by atoms with Crippen LogP contribution in [0, 0.1) is 5.92 Å². The van der Waals surface area contributed by atoms with Crippen LogP contribution in [0.3, 0.4) is 0 Å². The van der Waals surface area contributed by atoms with E-state index in [9.17, 15) is 10.0 Å². The van der Waals surface area contributed by atoms with Gasteiger partial charge in [0, 0.05) is 13.0 Å². The van der Waals surface area contributed by atoms with Crippen LogP contribution in [0.1, 0.15) is 19.8 Å². The number of nitrogens with one attached hydrogen (secondary N) is 1. The van der Waals surface area contributed by atoms with Crippen molar-refractivity contribution in [2.45, 2.75) is 25.3 Å². The predicted octanol–water partition coefficient (Wildman–Crippen LogP) is -0.0357. The third-order valence-electron chi connectivity index (χ3n) is 3.16. The maximum atomic E-state index is 12.2. The van der Waals surface area contributed by atoms with Crippen molar-refractivity contribution in [1.82, 2.24) is 10.5 Å². The van der Waals surface area contributed by atoms with Crippen molar-refractivity contribution < 1.29 is 14.8 Å². The van der Waals surface area contributed by atoms with Gasteiger partial charge in [-0.25, -0.2) is 5.01 Å². The first-order chi connectivity index (χ1) is 8.07. The molecule has 7 nitrogen and oxygen atoms in total. The average molecular weight is 240 g/mol. The molecular formula is C10H16N4O3. The molecule has 2 aliphatic rings. The zero-order valence-corrected chi connectivity index (χ0v) is 10.1. The molecule has 2 rings (SSSR count). The minimum atomic E-state index is -1.36. The summed E-state index contributed by atoms with van der Waals surface area (Å²) in [6.45, 7) is 1.63. The van der Waals surface area contributed by atoms with Crippen molar-refractivity contribution in [3.8, 4) is 0 Å². The number of amides is 1.